The second-order valence-corrected chi connectivity index (χ2v) is 9.62. The molecular formula is C17H13ClFNO2S3. The van der Waals surface area contributed by atoms with Crippen LogP contribution in [0.5, 0.6) is 0 Å². The lowest BCUT2D eigenvalue weighted by molar-refractivity contribution is 0.591. The average molecular weight is 414 g/mol. The Bertz CT molecular complexity index is 981. The highest BCUT2D eigenvalue weighted by Crippen LogP contribution is 2.36. The predicted octanol–water partition coefficient (Wildman–Crippen LogP) is 5.37. The van der Waals surface area contributed by atoms with Crippen molar-refractivity contribution in [2.75, 3.05) is 0 Å². The van der Waals surface area contributed by atoms with E-state index in [2.05, 4.69) is 4.98 Å². The van der Waals surface area contributed by atoms with Crippen molar-refractivity contribution in [3.8, 4) is 0 Å². The molecule has 130 valence electrons. The Morgan fingerprint density at radius 2 is 1.92 bits per heavy atom. The van der Waals surface area contributed by atoms with Gasteiger partial charge in [-0.25, -0.2) is 17.8 Å². The van der Waals surface area contributed by atoms with E-state index in [1.165, 1.54) is 40.7 Å². The molecule has 0 N–H and O–H groups in total. The average Bonchev–Trinajstić information content (AvgIpc) is 3.04. The van der Waals surface area contributed by atoms with Crippen LogP contribution in [-0.2, 0) is 15.6 Å². The lowest BCUT2D eigenvalue weighted by atomic mass is 10.2. The van der Waals surface area contributed by atoms with Gasteiger partial charge in [0, 0.05) is 16.3 Å². The molecule has 8 heteroatoms. The number of hydrogen-bond donors (Lipinski definition) is 0. The molecule has 0 saturated heterocycles. The molecule has 25 heavy (non-hydrogen) atoms. The van der Waals surface area contributed by atoms with E-state index in [9.17, 15) is 12.8 Å². The number of nitrogens with zero attached hydrogens (tertiary/aromatic N) is 1. The molecule has 0 aliphatic heterocycles. The molecule has 3 aromatic rings. The van der Waals surface area contributed by atoms with Gasteiger partial charge in [-0.2, -0.15) is 0 Å². The second-order valence-electron chi connectivity index (χ2n) is 5.25. The lowest BCUT2D eigenvalue weighted by Gasteiger charge is -2.07. The van der Waals surface area contributed by atoms with E-state index in [0.717, 1.165) is 5.56 Å². The summed E-state index contributed by atoms with van der Waals surface area (Å²) in [6.07, 6.45) is 0. The Morgan fingerprint density at radius 1 is 1.20 bits per heavy atom. The highest BCUT2D eigenvalue weighted by Gasteiger charge is 2.25. The standard InChI is InChI=1S/C17H13ClFNO2S3/c1-11-5-7-12(8-6-11)25(21,22)16-17(24-10-20-16)23-9-13-14(18)3-2-4-15(13)19/h2-8,10H,9H2,1H3. The van der Waals surface area contributed by atoms with Crippen LogP contribution in [0, 0.1) is 12.7 Å². The zero-order chi connectivity index (χ0) is 18.0. The number of aryl methyl sites for hydroxylation is 1. The first-order valence-corrected chi connectivity index (χ1v) is 10.9. The molecule has 0 bridgehead atoms. The van der Waals surface area contributed by atoms with Crippen LogP contribution in [0.3, 0.4) is 0 Å². The fourth-order valence-electron chi connectivity index (χ4n) is 2.14. The molecule has 0 aliphatic carbocycles. The molecule has 0 spiro atoms. The van der Waals surface area contributed by atoms with E-state index in [1.54, 1.807) is 30.3 Å². The minimum absolute atomic E-state index is 0.00110. The number of aromatic nitrogens is 1. The zero-order valence-electron chi connectivity index (χ0n) is 13.1. The summed E-state index contributed by atoms with van der Waals surface area (Å²) in [4.78, 5) is 4.22. The van der Waals surface area contributed by atoms with Gasteiger partial charge in [-0.3, -0.25) is 0 Å². The van der Waals surface area contributed by atoms with Crippen molar-refractivity contribution < 1.29 is 12.8 Å². The van der Waals surface area contributed by atoms with Gasteiger partial charge in [0.25, 0.3) is 0 Å². The SMILES string of the molecule is Cc1ccc(S(=O)(=O)c2ncsc2SCc2c(F)cccc2Cl)cc1. The van der Waals surface area contributed by atoms with E-state index < -0.39 is 15.7 Å². The molecule has 0 saturated carbocycles. The summed E-state index contributed by atoms with van der Waals surface area (Å²) in [7, 11) is -3.72. The van der Waals surface area contributed by atoms with Gasteiger partial charge in [-0.15, -0.1) is 23.1 Å². The molecule has 0 radical (unpaired) electrons. The monoisotopic (exact) mass is 413 g/mol. The molecule has 1 aromatic heterocycles. The maximum atomic E-state index is 13.9. The van der Waals surface area contributed by atoms with Crippen LogP contribution in [0.15, 0.2) is 62.1 Å². The van der Waals surface area contributed by atoms with Crippen LogP contribution >= 0.6 is 34.7 Å². The van der Waals surface area contributed by atoms with Crippen LogP contribution in [0.2, 0.25) is 5.02 Å². The largest absolute Gasteiger partial charge is 0.232 e. The molecule has 0 unspecified atom stereocenters. The normalized spacial score (nSPS) is 11.6. The van der Waals surface area contributed by atoms with Gasteiger partial charge in [-0.1, -0.05) is 35.4 Å². The Morgan fingerprint density at radius 3 is 2.60 bits per heavy atom. The van der Waals surface area contributed by atoms with Crippen molar-refractivity contribution in [1.29, 1.82) is 0 Å². The molecular weight excluding hydrogens is 401 g/mol. The van der Waals surface area contributed by atoms with Crippen molar-refractivity contribution >= 4 is 44.5 Å². The molecule has 0 atom stereocenters. The summed E-state index contributed by atoms with van der Waals surface area (Å²) in [5.41, 5.74) is 2.80. The predicted molar refractivity (Wildman–Crippen MR) is 99.7 cm³/mol. The molecule has 3 nitrogen and oxygen atoms in total. The second kappa shape index (κ2) is 7.45. The van der Waals surface area contributed by atoms with Gasteiger partial charge >= 0.3 is 0 Å². The molecule has 0 aliphatic rings. The third-order valence-corrected chi connectivity index (χ3v) is 7.97. The molecule has 3 rings (SSSR count). The van der Waals surface area contributed by atoms with Crippen LogP contribution in [0.4, 0.5) is 4.39 Å². The number of benzene rings is 2. The summed E-state index contributed by atoms with van der Waals surface area (Å²) in [6.45, 7) is 1.89. The topological polar surface area (TPSA) is 47.0 Å². The minimum Gasteiger partial charge on any atom is -0.232 e. The van der Waals surface area contributed by atoms with E-state index in [0.29, 0.717) is 14.8 Å². The number of thiazole rings is 1. The van der Waals surface area contributed by atoms with Crippen LogP contribution < -0.4 is 0 Å². The Kier molecular flexibility index (Phi) is 5.48. The number of sulfone groups is 1. The van der Waals surface area contributed by atoms with Gasteiger partial charge < -0.3 is 0 Å². The summed E-state index contributed by atoms with van der Waals surface area (Å²) >= 11 is 8.45. The van der Waals surface area contributed by atoms with Gasteiger partial charge in [0.05, 0.1) is 14.6 Å². The molecule has 1 heterocycles. The van der Waals surface area contributed by atoms with Gasteiger partial charge in [-0.05, 0) is 31.2 Å². The van der Waals surface area contributed by atoms with Crippen molar-refractivity contribution in [3.05, 3.63) is 69.9 Å². The zero-order valence-corrected chi connectivity index (χ0v) is 16.3. The van der Waals surface area contributed by atoms with E-state index >= 15 is 0 Å². The highest BCUT2D eigenvalue weighted by molar-refractivity contribution is 8.01. The Labute approximate surface area is 158 Å². The third kappa shape index (κ3) is 3.89. The van der Waals surface area contributed by atoms with Gasteiger partial charge in [0.15, 0.2) is 5.03 Å². The summed E-state index contributed by atoms with van der Waals surface area (Å²) in [5.74, 6) is -0.183. The maximum Gasteiger partial charge on any atom is 0.225 e. The van der Waals surface area contributed by atoms with Crippen LogP contribution in [-0.4, -0.2) is 13.4 Å². The fraction of sp³-hybridized carbons (Fsp3) is 0.118. The Hall–Kier alpha value is -1.41. The Balaban J connectivity index is 1.89. The minimum atomic E-state index is -3.72. The van der Waals surface area contributed by atoms with Crippen molar-refractivity contribution in [1.82, 2.24) is 4.98 Å². The van der Waals surface area contributed by atoms with Gasteiger partial charge in [0.2, 0.25) is 9.84 Å². The fourth-order valence-corrected chi connectivity index (χ4v) is 6.35. The van der Waals surface area contributed by atoms with Crippen molar-refractivity contribution in [2.45, 2.75) is 26.8 Å². The van der Waals surface area contributed by atoms with Crippen molar-refractivity contribution in [2.24, 2.45) is 0 Å². The van der Waals surface area contributed by atoms with E-state index in [-0.39, 0.29) is 15.7 Å². The number of rotatable bonds is 5. The summed E-state index contributed by atoms with van der Waals surface area (Å²) in [6, 6.07) is 11.1. The summed E-state index contributed by atoms with van der Waals surface area (Å²) in [5, 5.41) is 0.318. The lowest BCUT2D eigenvalue weighted by Crippen LogP contribution is -2.03. The number of thioether (sulfide) groups is 1. The van der Waals surface area contributed by atoms with E-state index in [1.807, 2.05) is 6.92 Å². The first kappa shape index (κ1) is 18.4. The maximum absolute atomic E-state index is 13.9. The van der Waals surface area contributed by atoms with Crippen molar-refractivity contribution in [3.63, 3.8) is 0 Å². The quantitative estimate of drug-likeness (QED) is 0.527. The molecule has 0 amide bonds. The van der Waals surface area contributed by atoms with E-state index in [4.69, 9.17) is 11.6 Å². The first-order chi connectivity index (χ1) is 11.9. The highest BCUT2D eigenvalue weighted by atomic mass is 35.5. The smallest absolute Gasteiger partial charge is 0.225 e. The number of halogens is 2. The summed E-state index contributed by atoms with van der Waals surface area (Å²) < 4.78 is 40.0. The first-order valence-electron chi connectivity index (χ1n) is 7.20. The third-order valence-electron chi connectivity index (χ3n) is 3.50. The molecule has 2 aromatic carbocycles. The van der Waals surface area contributed by atoms with Crippen LogP contribution in [0.1, 0.15) is 11.1 Å². The number of hydrogen-bond acceptors (Lipinski definition) is 5. The van der Waals surface area contributed by atoms with Gasteiger partial charge in [0.1, 0.15) is 5.82 Å². The molecule has 0 fully saturated rings. The van der Waals surface area contributed by atoms with Crippen LogP contribution in [0.25, 0.3) is 0 Å².